The molecule has 0 saturated heterocycles. The Bertz CT molecular complexity index is 385. The summed E-state index contributed by atoms with van der Waals surface area (Å²) in [6, 6.07) is 1.55. The van der Waals surface area contributed by atoms with Crippen molar-refractivity contribution in [3.05, 3.63) is 22.2 Å². The van der Waals surface area contributed by atoms with E-state index in [0.717, 1.165) is 0 Å². The van der Waals surface area contributed by atoms with E-state index in [2.05, 4.69) is 0 Å². The Labute approximate surface area is 86.9 Å². The third kappa shape index (κ3) is 1.99. The zero-order valence-electron chi connectivity index (χ0n) is 7.97. The van der Waals surface area contributed by atoms with Gasteiger partial charge in [0.2, 0.25) is 0 Å². The first-order valence-electron chi connectivity index (χ1n) is 4.12. The minimum absolute atomic E-state index is 0.0681. The fourth-order valence-electron chi connectivity index (χ4n) is 1.23. The summed E-state index contributed by atoms with van der Waals surface area (Å²) in [7, 11) is 0. The van der Waals surface area contributed by atoms with Gasteiger partial charge in [-0.15, -0.1) is 0 Å². The molecule has 0 fully saturated rings. The van der Waals surface area contributed by atoms with Crippen molar-refractivity contribution in [2.24, 2.45) is 0 Å². The Hall–Kier alpha value is -1.22. The molecule has 2 N–H and O–H groups in total. The third-order valence-corrected chi connectivity index (χ3v) is 2.28. The number of carbonyl (C=O) groups excluding carboxylic acids is 1. The molecule has 0 aliphatic heterocycles. The molecule has 0 atom stereocenters. The second kappa shape index (κ2) is 3.88. The van der Waals surface area contributed by atoms with Crippen LogP contribution in [0.3, 0.4) is 0 Å². The Balaban J connectivity index is 3.25. The van der Waals surface area contributed by atoms with Gasteiger partial charge in [0.1, 0.15) is 22.3 Å². The summed E-state index contributed by atoms with van der Waals surface area (Å²) in [6.07, 6.45) is 0.118. The molecule has 0 saturated carbocycles. The number of hydrogen-bond donors (Lipinski definition) is 2. The average molecular weight is 215 g/mol. The minimum Gasteiger partial charge on any atom is -0.506 e. The number of benzene rings is 1. The lowest BCUT2D eigenvalue weighted by Gasteiger charge is -2.08. The first kappa shape index (κ1) is 10.9. The van der Waals surface area contributed by atoms with E-state index in [0.29, 0.717) is 11.1 Å². The van der Waals surface area contributed by atoms with Crippen LogP contribution in [0.25, 0.3) is 0 Å². The number of phenolic OH excluding ortho intramolecular Hbond substituents is 2. The largest absolute Gasteiger partial charge is 0.506 e. The van der Waals surface area contributed by atoms with Gasteiger partial charge in [0.25, 0.3) is 0 Å². The van der Waals surface area contributed by atoms with Crippen LogP contribution in [0.1, 0.15) is 18.1 Å². The molecule has 0 amide bonds. The molecule has 3 nitrogen and oxygen atoms in total. The highest BCUT2D eigenvalue weighted by Gasteiger charge is 2.14. The van der Waals surface area contributed by atoms with E-state index in [1.165, 1.54) is 6.92 Å². The number of carbonyl (C=O) groups is 1. The molecular weight excluding hydrogens is 204 g/mol. The summed E-state index contributed by atoms with van der Waals surface area (Å²) < 4.78 is 0. The molecule has 1 rings (SSSR count). The third-order valence-electron chi connectivity index (χ3n) is 1.92. The summed E-state index contributed by atoms with van der Waals surface area (Å²) in [5, 5.41) is 18.8. The Morgan fingerprint density at radius 3 is 2.50 bits per heavy atom. The average Bonchev–Trinajstić information content (AvgIpc) is 2.10. The number of hydrogen-bond acceptors (Lipinski definition) is 3. The number of halogens is 1. The molecule has 0 aliphatic rings. The molecule has 76 valence electrons. The van der Waals surface area contributed by atoms with Crippen LogP contribution in [-0.4, -0.2) is 16.0 Å². The van der Waals surface area contributed by atoms with E-state index in [-0.39, 0.29) is 28.7 Å². The lowest BCUT2D eigenvalue weighted by atomic mass is 10.0. The van der Waals surface area contributed by atoms with Crippen molar-refractivity contribution < 1.29 is 15.0 Å². The second-order valence-electron chi connectivity index (χ2n) is 3.24. The van der Waals surface area contributed by atoms with Crippen molar-refractivity contribution >= 4 is 17.4 Å². The quantitative estimate of drug-likeness (QED) is 0.794. The van der Waals surface area contributed by atoms with E-state index in [4.69, 9.17) is 11.6 Å². The maximum absolute atomic E-state index is 10.9. The van der Waals surface area contributed by atoms with Gasteiger partial charge >= 0.3 is 0 Å². The van der Waals surface area contributed by atoms with Gasteiger partial charge in [0.15, 0.2) is 0 Å². The first-order valence-corrected chi connectivity index (χ1v) is 4.50. The minimum atomic E-state index is -0.218. The predicted octanol–water partition coefficient (Wildman–Crippen LogP) is 2.19. The van der Waals surface area contributed by atoms with Crippen molar-refractivity contribution in [1.82, 2.24) is 0 Å². The van der Waals surface area contributed by atoms with Crippen LogP contribution >= 0.6 is 11.6 Å². The smallest absolute Gasteiger partial charge is 0.141 e. The van der Waals surface area contributed by atoms with Gasteiger partial charge in [-0.3, -0.25) is 4.79 Å². The predicted molar refractivity (Wildman–Crippen MR) is 53.9 cm³/mol. The van der Waals surface area contributed by atoms with Crippen LogP contribution < -0.4 is 0 Å². The summed E-state index contributed by atoms with van der Waals surface area (Å²) >= 11 is 5.66. The summed E-state index contributed by atoms with van der Waals surface area (Å²) in [5.41, 5.74) is 0.988. The molecule has 1 aromatic rings. The fraction of sp³-hybridized carbons (Fsp3) is 0.300. The second-order valence-corrected chi connectivity index (χ2v) is 3.62. The van der Waals surface area contributed by atoms with Crippen molar-refractivity contribution in [2.75, 3.05) is 0 Å². The molecule has 0 unspecified atom stereocenters. The van der Waals surface area contributed by atoms with Crippen LogP contribution in [-0.2, 0) is 11.2 Å². The Kier molecular flexibility index (Phi) is 3.01. The number of aryl methyl sites for hydroxylation is 1. The van der Waals surface area contributed by atoms with Crippen molar-refractivity contribution in [2.45, 2.75) is 20.3 Å². The van der Waals surface area contributed by atoms with Crippen LogP contribution in [0.2, 0.25) is 5.02 Å². The van der Waals surface area contributed by atoms with Crippen molar-refractivity contribution in [1.29, 1.82) is 0 Å². The normalized spacial score (nSPS) is 10.2. The van der Waals surface area contributed by atoms with Crippen molar-refractivity contribution in [3.63, 3.8) is 0 Å². The van der Waals surface area contributed by atoms with Crippen LogP contribution in [0.5, 0.6) is 11.5 Å². The highest BCUT2D eigenvalue weighted by atomic mass is 35.5. The monoisotopic (exact) mass is 214 g/mol. The van der Waals surface area contributed by atoms with Gasteiger partial charge in [-0.2, -0.15) is 0 Å². The van der Waals surface area contributed by atoms with Gasteiger partial charge in [-0.1, -0.05) is 11.6 Å². The van der Waals surface area contributed by atoms with Gasteiger partial charge in [0, 0.05) is 12.0 Å². The van der Waals surface area contributed by atoms with Gasteiger partial charge in [-0.25, -0.2) is 0 Å². The van der Waals surface area contributed by atoms with E-state index >= 15 is 0 Å². The Morgan fingerprint density at radius 1 is 1.43 bits per heavy atom. The highest BCUT2D eigenvalue weighted by molar-refractivity contribution is 6.33. The molecular formula is C10H11ClO3. The first-order chi connectivity index (χ1) is 6.43. The summed E-state index contributed by atoms with van der Waals surface area (Å²) in [4.78, 5) is 10.9. The van der Waals surface area contributed by atoms with Gasteiger partial charge < -0.3 is 10.2 Å². The lowest BCUT2D eigenvalue weighted by molar-refractivity contribution is -0.116. The molecule has 4 heteroatoms. The molecule has 0 bridgehead atoms. The highest BCUT2D eigenvalue weighted by Crippen LogP contribution is 2.38. The standard InChI is InChI=1S/C10H11ClO3/c1-5-3-7(4-6(2)12)10(14)8(11)9(5)13/h3,13-14H,4H2,1-2H3. The van der Waals surface area contributed by atoms with E-state index in [1.54, 1.807) is 13.0 Å². The van der Waals surface area contributed by atoms with Crippen LogP contribution in [0.15, 0.2) is 6.07 Å². The number of phenols is 2. The summed E-state index contributed by atoms with van der Waals surface area (Å²) in [5.74, 6) is -0.428. The zero-order valence-corrected chi connectivity index (χ0v) is 8.72. The molecule has 0 radical (unpaired) electrons. The van der Waals surface area contributed by atoms with Crippen molar-refractivity contribution in [3.8, 4) is 11.5 Å². The summed E-state index contributed by atoms with van der Waals surface area (Å²) in [6.45, 7) is 3.08. The topological polar surface area (TPSA) is 57.5 Å². The number of Topliss-reactive ketones (excluding diaryl/α,β-unsaturated/α-hetero) is 1. The SMILES string of the molecule is CC(=O)Cc1cc(C)c(O)c(Cl)c1O. The fourth-order valence-corrected chi connectivity index (χ4v) is 1.50. The van der Waals surface area contributed by atoms with Gasteiger partial charge in [0.05, 0.1) is 0 Å². The Morgan fingerprint density at radius 2 is 2.00 bits per heavy atom. The van der Waals surface area contributed by atoms with Gasteiger partial charge in [-0.05, 0) is 25.5 Å². The number of rotatable bonds is 2. The van der Waals surface area contributed by atoms with E-state index in [1.807, 2.05) is 0 Å². The van der Waals surface area contributed by atoms with Crippen LogP contribution in [0, 0.1) is 6.92 Å². The molecule has 0 aromatic heterocycles. The molecule has 14 heavy (non-hydrogen) atoms. The number of ketones is 1. The number of aromatic hydroxyl groups is 2. The maximum atomic E-state index is 10.9. The molecule has 0 heterocycles. The van der Waals surface area contributed by atoms with E-state index in [9.17, 15) is 15.0 Å². The van der Waals surface area contributed by atoms with Crippen LogP contribution in [0.4, 0.5) is 0 Å². The molecule has 0 aliphatic carbocycles. The lowest BCUT2D eigenvalue weighted by Crippen LogP contribution is -1.97. The maximum Gasteiger partial charge on any atom is 0.141 e. The molecule has 0 spiro atoms. The molecule has 1 aromatic carbocycles. The van der Waals surface area contributed by atoms with E-state index < -0.39 is 0 Å². The zero-order chi connectivity index (χ0) is 10.9.